The molecule has 0 radical (unpaired) electrons. The molecule has 3 rings (SSSR count). The third-order valence-corrected chi connectivity index (χ3v) is 4.55. The molecule has 0 spiro atoms. The Bertz CT molecular complexity index is 915. The number of carbonyl (C=O) groups excluding carboxylic acids is 1. The molecule has 2 heterocycles. The number of anilines is 1. The van der Waals surface area contributed by atoms with Gasteiger partial charge in [-0.25, -0.2) is 9.97 Å². The normalized spacial score (nSPS) is 11.7. The zero-order valence-electron chi connectivity index (χ0n) is 16.5. The number of carbonyl (C=O) groups is 1. The lowest BCUT2D eigenvalue weighted by molar-refractivity contribution is 0.0790. The first-order valence-corrected chi connectivity index (χ1v) is 9.34. The number of pyridine rings is 1. The van der Waals surface area contributed by atoms with E-state index in [1.807, 2.05) is 56.3 Å². The monoisotopic (exact) mass is 375 g/mol. The number of aromatic nitrogens is 3. The molecule has 144 valence electrons. The van der Waals surface area contributed by atoms with Gasteiger partial charge in [-0.1, -0.05) is 30.3 Å². The maximum absolute atomic E-state index is 12.8. The van der Waals surface area contributed by atoms with Gasteiger partial charge in [-0.15, -0.1) is 0 Å². The molecule has 2 aromatic heterocycles. The summed E-state index contributed by atoms with van der Waals surface area (Å²) in [6.07, 6.45) is 4.29. The third-order valence-electron chi connectivity index (χ3n) is 4.55. The second-order valence-corrected chi connectivity index (χ2v) is 6.83. The SMILES string of the molecule is Cc1cc(C(=O)N(C)CCc2ccncc2)nc(NC(C)c2ccccc2)n1. The minimum atomic E-state index is -0.116. The van der Waals surface area contributed by atoms with E-state index in [2.05, 4.69) is 20.3 Å². The predicted molar refractivity (Wildman–Crippen MR) is 110 cm³/mol. The van der Waals surface area contributed by atoms with Crippen molar-refractivity contribution >= 4 is 11.9 Å². The van der Waals surface area contributed by atoms with E-state index in [9.17, 15) is 4.79 Å². The molecule has 3 aromatic rings. The summed E-state index contributed by atoms with van der Waals surface area (Å²) in [6.45, 7) is 4.52. The van der Waals surface area contributed by atoms with Crippen molar-refractivity contribution in [3.63, 3.8) is 0 Å². The molecule has 6 nitrogen and oxygen atoms in total. The van der Waals surface area contributed by atoms with E-state index in [4.69, 9.17) is 0 Å². The predicted octanol–water partition coefficient (Wildman–Crippen LogP) is 3.67. The molecular formula is C22H25N5O. The van der Waals surface area contributed by atoms with Crippen molar-refractivity contribution < 1.29 is 4.79 Å². The van der Waals surface area contributed by atoms with Crippen molar-refractivity contribution in [2.24, 2.45) is 0 Å². The molecule has 0 aliphatic carbocycles. The number of aryl methyl sites for hydroxylation is 1. The van der Waals surface area contributed by atoms with Gasteiger partial charge in [0.05, 0.1) is 6.04 Å². The highest BCUT2D eigenvalue weighted by Gasteiger charge is 2.16. The molecule has 0 aliphatic heterocycles. The Morgan fingerprint density at radius 2 is 1.82 bits per heavy atom. The van der Waals surface area contributed by atoms with Crippen molar-refractivity contribution in [1.29, 1.82) is 0 Å². The van der Waals surface area contributed by atoms with E-state index >= 15 is 0 Å². The molecule has 0 fully saturated rings. The van der Waals surface area contributed by atoms with Crippen LogP contribution in [0.5, 0.6) is 0 Å². The Hall–Kier alpha value is -3.28. The summed E-state index contributed by atoms with van der Waals surface area (Å²) >= 11 is 0. The molecule has 28 heavy (non-hydrogen) atoms. The van der Waals surface area contributed by atoms with Crippen molar-refractivity contribution in [1.82, 2.24) is 19.9 Å². The smallest absolute Gasteiger partial charge is 0.272 e. The standard InChI is InChI=1S/C22H25N5O/c1-16-15-20(21(28)27(3)14-11-18-9-12-23-13-10-18)26-22(24-16)25-17(2)19-7-5-4-6-8-19/h4-10,12-13,15,17H,11,14H2,1-3H3,(H,24,25,26). The van der Waals surface area contributed by atoms with Crippen LogP contribution in [0.15, 0.2) is 60.9 Å². The van der Waals surface area contributed by atoms with Gasteiger partial charge in [0, 0.05) is 31.7 Å². The maximum Gasteiger partial charge on any atom is 0.272 e. The van der Waals surface area contributed by atoms with Gasteiger partial charge in [0.1, 0.15) is 5.69 Å². The number of hydrogen-bond donors (Lipinski definition) is 1. The highest BCUT2D eigenvalue weighted by Crippen LogP contribution is 2.17. The molecule has 0 saturated heterocycles. The summed E-state index contributed by atoms with van der Waals surface area (Å²) in [7, 11) is 1.79. The summed E-state index contributed by atoms with van der Waals surface area (Å²) in [6, 6.07) is 15.8. The van der Waals surface area contributed by atoms with Crippen molar-refractivity contribution in [2.45, 2.75) is 26.3 Å². The van der Waals surface area contributed by atoms with Gasteiger partial charge in [0.25, 0.3) is 5.91 Å². The summed E-state index contributed by atoms with van der Waals surface area (Å²) in [4.78, 5) is 27.4. The van der Waals surface area contributed by atoms with Gasteiger partial charge in [-0.2, -0.15) is 0 Å². The highest BCUT2D eigenvalue weighted by atomic mass is 16.2. The number of rotatable bonds is 7. The van der Waals surface area contributed by atoms with E-state index < -0.39 is 0 Å². The van der Waals surface area contributed by atoms with Crippen LogP contribution in [0, 0.1) is 6.92 Å². The van der Waals surface area contributed by atoms with Gasteiger partial charge in [0.15, 0.2) is 0 Å². The quantitative estimate of drug-likeness (QED) is 0.682. The molecular weight excluding hydrogens is 350 g/mol. The second-order valence-electron chi connectivity index (χ2n) is 6.83. The third kappa shape index (κ3) is 5.13. The van der Waals surface area contributed by atoms with Crippen LogP contribution in [0.3, 0.4) is 0 Å². The number of hydrogen-bond acceptors (Lipinski definition) is 5. The fraction of sp³-hybridized carbons (Fsp3) is 0.273. The van der Waals surface area contributed by atoms with Crippen LogP contribution < -0.4 is 5.32 Å². The van der Waals surface area contributed by atoms with Crippen LogP contribution in [-0.2, 0) is 6.42 Å². The molecule has 1 unspecified atom stereocenters. The van der Waals surface area contributed by atoms with Gasteiger partial charge in [-0.3, -0.25) is 9.78 Å². The summed E-state index contributed by atoms with van der Waals surface area (Å²) < 4.78 is 0. The molecule has 0 bridgehead atoms. The van der Waals surface area contributed by atoms with E-state index in [0.717, 1.165) is 23.2 Å². The van der Waals surface area contributed by atoms with Crippen LogP contribution in [0.1, 0.15) is 40.3 Å². The molecule has 0 saturated carbocycles. The Labute approximate surface area is 165 Å². The zero-order valence-corrected chi connectivity index (χ0v) is 16.5. The average Bonchev–Trinajstić information content (AvgIpc) is 2.72. The van der Waals surface area contributed by atoms with Crippen molar-refractivity contribution in [3.8, 4) is 0 Å². The Balaban J connectivity index is 1.68. The van der Waals surface area contributed by atoms with Crippen LogP contribution in [0.25, 0.3) is 0 Å². The largest absolute Gasteiger partial charge is 0.348 e. The van der Waals surface area contributed by atoms with Crippen LogP contribution in [0.4, 0.5) is 5.95 Å². The number of likely N-dealkylation sites (N-methyl/N-ethyl adjacent to an activating group) is 1. The Kier molecular flexibility index (Phi) is 6.32. The minimum absolute atomic E-state index is 0.0374. The van der Waals surface area contributed by atoms with E-state index in [1.165, 1.54) is 0 Å². The van der Waals surface area contributed by atoms with Gasteiger partial charge >= 0.3 is 0 Å². The lowest BCUT2D eigenvalue weighted by Gasteiger charge is -2.18. The molecule has 1 amide bonds. The minimum Gasteiger partial charge on any atom is -0.348 e. The van der Waals surface area contributed by atoms with Crippen LogP contribution in [-0.4, -0.2) is 39.4 Å². The number of amides is 1. The van der Waals surface area contributed by atoms with Crippen LogP contribution >= 0.6 is 0 Å². The number of nitrogens with zero attached hydrogens (tertiary/aromatic N) is 4. The van der Waals surface area contributed by atoms with Gasteiger partial charge < -0.3 is 10.2 Å². The Morgan fingerprint density at radius 1 is 1.11 bits per heavy atom. The lowest BCUT2D eigenvalue weighted by atomic mass is 10.1. The first-order chi connectivity index (χ1) is 13.5. The topological polar surface area (TPSA) is 71.0 Å². The lowest BCUT2D eigenvalue weighted by Crippen LogP contribution is -2.30. The first-order valence-electron chi connectivity index (χ1n) is 9.34. The highest BCUT2D eigenvalue weighted by molar-refractivity contribution is 5.92. The van der Waals surface area contributed by atoms with Gasteiger partial charge in [0.2, 0.25) is 5.95 Å². The summed E-state index contributed by atoms with van der Waals surface area (Å²) in [5.41, 5.74) is 3.43. The Morgan fingerprint density at radius 3 is 2.54 bits per heavy atom. The molecule has 1 aromatic carbocycles. The van der Waals surface area contributed by atoms with Gasteiger partial charge in [-0.05, 0) is 49.6 Å². The molecule has 1 atom stereocenters. The zero-order chi connectivity index (χ0) is 19.9. The summed E-state index contributed by atoms with van der Waals surface area (Å²) in [5, 5.41) is 3.29. The molecule has 1 N–H and O–H groups in total. The first kappa shape index (κ1) is 19.5. The van der Waals surface area contributed by atoms with Crippen molar-refractivity contribution in [3.05, 3.63) is 83.4 Å². The molecule has 0 aliphatic rings. The summed E-state index contributed by atoms with van der Waals surface area (Å²) in [5.74, 6) is 0.345. The fourth-order valence-electron chi connectivity index (χ4n) is 2.90. The number of nitrogens with one attached hydrogen (secondary N) is 1. The fourth-order valence-corrected chi connectivity index (χ4v) is 2.90. The average molecular weight is 375 g/mol. The van der Waals surface area contributed by atoms with Crippen molar-refractivity contribution in [2.75, 3.05) is 18.9 Å². The maximum atomic E-state index is 12.8. The van der Waals surface area contributed by atoms with Crippen LogP contribution in [0.2, 0.25) is 0 Å². The second kappa shape index (κ2) is 9.08. The van der Waals surface area contributed by atoms with E-state index in [1.54, 1.807) is 30.4 Å². The van der Waals surface area contributed by atoms with E-state index in [0.29, 0.717) is 18.2 Å². The molecule has 6 heteroatoms. The van der Waals surface area contributed by atoms with E-state index in [-0.39, 0.29) is 11.9 Å². The number of benzene rings is 1.